The lowest BCUT2D eigenvalue weighted by molar-refractivity contribution is -0.135. The van der Waals surface area contributed by atoms with Crippen molar-refractivity contribution >= 4 is 5.91 Å². The maximum atomic E-state index is 11.9. The zero-order chi connectivity index (χ0) is 11.0. The molecule has 15 heavy (non-hydrogen) atoms. The van der Waals surface area contributed by atoms with Crippen molar-refractivity contribution in [3.8, 4) is 0 Å². The van der Waals surface area contributed by atoms with Crippen molar-refractivity contribution in [2.24, 2.45) is 5.92 Å². The average molecular weight is 210 g/mol. The molecule has 0 radical (unpaired) electrons. The first-order valence-corrected chi connectivity index (χ1v) is 6.10. The minimum atomic E-state index is 0.127. The Bertz CT molecular complexity index is 240. The van der Waals surface area contributed by atoms with Crippen LogP contribution in [0.5, 0.6) is 0 Å². The SMILES string of the molecule is CC(C)C(=O)N(C)C1CC2CCC(C1)N2. The highest BCUT2D eigenvalue weighted by Crippen LogP contribution is 2.29. The summed E-state index contributed by atoms with van der Waals surface area (Å²) in [5.41, 5.74) is 0. The third kappa shape index (κ3) is 2.17. The molecule has 2 aliphatic heterocycles. The topological polar surface area (TPSA) is 32.3 Å². The zero-order valence-electron chi connectivity index (χ0n) is 9.99. The number of nitrogens with zero attached hydrogens (tertiary/aromatic N) is 1. The largest absolute Gasteiger partial charge is 0.342 e. The Balaban J connectivity index is 1.96. The second kappa shape index (κ2) is 4.12. The second-order valence-corrected chi connectivity index (χ2v) is 5.37. The fourth-order valence-electron chi connectivity index (χ4n) is 2.93. The summed E-state index contributed by atoms with van der Waals surface area (Å²) in [5.74, 6) is 0.420. The lowest BCUT2D eigenvalue weighted by atomic mass is 9.97. The van der Waals surface area contributed by atoms with E-state index in [4.69, 9.17) is 0 Å². The molecule has 86 valence electrons. The molecule has 2 aliphatic rings. The summed E-state index contributed by atoms with van der Waals surface area (Å²) in [6.45, 7) is 3.96. The molecule has 2 saturated heterocycles. The molecule has 2 atom stereocenters. The normalized spacial score (nSPS) is 34.5. The van der Waals surface area contributed by atoms with Gasteiger partial charge >= 0.3 is 0 Å². The Morgan fingerprint density at radius 2 is 1.80 bits per heavy atom. The number of hydrogen-bond donors (Lipinski definition) is 1. The molecule has 2 rings (SSSR count). The molecule has 1 N–H and O–H groups in total. The predicted molar refractivity (Wildman–Crippen MR) is 60.6 cm³/mol. The van der Waals surface area contributed by atoms with E-state index in [-0.39, 0.29) is 5.92 Å². The van der Waals surface area contributed by atoms with Crippen LogP contribution in [0.1, 0.15) is 39.5 Å². The summed E-state index contributed by atoms with van der Waals surface area (Å²) in [5, 5.41) is 3.61. The minimum absolute atomic E-state index is 0.127. The third-order valence-corrected chi connectivity index (χ3v) is 3.84. The minimum Gasteiger partial charge on any atom is -0.342 e. The molecule has 0 aliphatic carbocycles. The van der Waals surface area contributed by atoms with Gasteiger partial charge in [0.1, 0.15) is 0 Å². The van der Waals surface area contributed by atoms with Crippen molar-refractivity contribution in [2.45, 2.75) is 57.7 Å². The van der Waals surface area contributed by atoms with Gasteiger partial charge in [-0.1, -0.05) is 13.8 Å². The zero-order valence-corrected chi connectivity index (χ0v) is 9.99. The van der Waals surface area contributed by atoms with E-state index in [0.717, 1.165) is 12.8 Å². The maximum Gasteiger partial charge on any atom is 0.225 e. The van der Waals surface area contributed by atoms with Gasteiger partial charge in [0.2, 0.25) is 5.91 Å². The van der Waals surface area contributed by atoms with Crippen LogP contribution >= 0.6 is 0 Å². The van der Waals surface area contributed by atoms with Crippen molar-refractivity contribution in [3.05, 3.63) is 0 Å². The van der Waals surface area contributed by atoms with Gasteiger partial charge in [-0.2, -0.15) is 0 Å². The van der Waals surface area contributed by atoms with Gasteiger partial charge in [-0.25, -0.2) is 0 Å². The number of carbonyl (C=O) groups excluding carboxylic acids is 1. The second-order valence-electron chi connectivity index (χ2n) is 5.37. The first-order chi connectivity index (χ1) is 7.08. The van der Waals surface area contributed by atoms with Crippen molar-refractivity contribution < 1.29 is 4.79 Å². The van der Waals surface area contributed by atoms with E-state index in [1.165, 1.54) is 12.8 Å². The van der Waals surface area contributed by atoms with Crippen LogP contribution in [0.3, 0.4) is 0 Å². The van der Waals surface area contributed by atoms with Crippen molar-refractivity contribution in [2.75, 3.05) is 7.05 Å². The summed E-state index contributed by atoms with van der Waals surface area (Å²) in [4.78, 5) is 13.9. The molecule has 2 bridgehead atoms. The van der Waals surface area contributed by atoms with Gasteiger partial charge < -0.3 is 10.2 Å². The first-order valence-electron chi connectivity index (χ1n) is 6.10. The van der Waals surface area contributed by atoms with Crippen LogP contribution in [0.4, 0.5) is 0 Å². The Morgan fingerprint density at radius 3 is 2.27 bits per heavy atom. The van der Waals surface area contributed by atoms with E-state index in [0.29, 0.717) is 24.0 Å². The van der Waals surface area contributed by atoms with Crippen LogP contribution in [0.15, 0.2) is 0 Å². The Kier molecular flexibility index (Phi) is 3.01. The molecule has 1 amide bonds. The van der Waals surface area contributed by atoms with E-state index in [9.17, 15) is 4.79 Å². The van der Waals surface area contributed by atoms with Crippen molar-refractivity contribution in [1.29, 1.82) is 0 Å². The molecular formula is C12H22N2O. The standard InChI is InChI=1S/C12H22N2O/c1-8(2)12(15)14(3)11-6-9-4-5-10(7-11)13-9/h8-11,13H,4-7H2,1-3H3. The molecular weight excluding hydrogens is 188 g/mol. The predicted octanol–water partition coefficient (Wildman–Crippen LogP) is 1.38. The average Bonchev–Trinajstić information content (AvgIpc) is 2.55. The molecule has 0 saturated carbocycles. The number of rotatable bonds is 2. The highest BCUT2D eigenvalue weighted by molar-refractivity contribution is 5.78. The third-order valence-electron chi connectivity index (χ3n) is 3.84. The quantitative estimate of drug-likeness (QED) is 0.747. The van der Waals surface area contributed by atoms with Crippen LogP contribution in [-0.4, -0.2) is 36.0 Å². The number of nitrogens with one attached hydrogen (secondary N) is 1. The summed E-state index contributed by atoms with van der Waals surface area (Å²) < 4.78 is 0. The maximum absolute atomic E-state index is 11.9. The van der Waals surface area contributed by atoms with E-state index in [2.05, 4.69) is 5.32 Å². The summed E-state index contributed by atoms with van der Waals surface area (Å²) in [6.07, 6.45) is 4.88. The molecule has 0 aromatic carbocycles. The van der Waals surface area contributed by atoms with E-state index in [1.807, 2.05) is 25.8 Å². The number of amides is 1. The van der Waals surface area contributed by atoms with Gasteiger partial charge in [-0.15, -0.1) is 0 Å². The molecule has 3 heteroatoms. The molecule has 0 aromatic heterocycles. The van der Waals surface area contributed by atoms with Gasteiger partial charge in [0.05, 0.1) is 0 Å². The first kappa shape index (κ1) is 10.9. The lowest BCUT2D eigenvalue weighted by Crippen LogP contribution is -2.49. The fourth-order valence-corrected chi connectivity index (χ4v) is 2.93. The number of carbonyl (C=O) groups is 1. The van der Waals surface area contributed by atoms with Crippen molar-refractivity contribution in [3.63, 3.8) is 0 Å². The number of piperidine rings is 1. The number of hydrogen-bond acceptors (Lipinski definition) is 2. The van der Waals surface area contributed by atoms with Gasteiger partial charge in [-0.3, -0.25) is 4.79 Å². The molecule has 2 heterocycles. The van der Waals surface area contributed by atoms with Crippen LogP contribution in [0, 0.1) is 5.92 Å². The van der Waals surface area contributed by atoms with E-state index >= 15 is 0 Å². The highest BCUT2D eigenvalue weighted by atomic mass is 16.2. The highest BCUT2D eigenvalue weighted by Gasteiger charge is 2.36. The van der Waals surface area contributed by atoms with Gasteiger partial charge in [-0.05, 0) is 25.7 Å². The molecule has 0 spiro atoms. The lowest BCUT2D eigenvalue weighted by Gasteiger charge is -2.36. The van der Waals surface area contributed by atoms with Gasteiger partial charge in [0, 0.05) is 31.1 Å². The van der Waals surface area contributed by atoms with Gasteiger partial charge in [0.15, 0.2) is 0 Å². The van der Waals surface area contributed by atoms with Crippen LogP contribution in [-0.2, 0) is 4.79 Å². The smallest absolute Gasteiger partial charge is 0.225 e. The van der Waals surface area contributed by atoms with Crippen LogP contribution in [0.2, 0.25) is 0 Å². The monoisotopic (exact) mass is 210 g/mol. The molecule has 2 unspecified atom stereocenters. The molecule has 0 aromatic rings. The van der Waals surface area contributed by atoms with E-state index in [1.54, 1.807) is 0 Å². The van der Waals surface area contributed by atoms with Crippen molar-refractivity contribution in [1.82, 2.24) is 10.2 Å². The Hall–Kier alpha value is -0.570. The number of fused-ring (bicyclic) bond motifs is 2. The van der Waals surface area contributed by atoms with Crippen LogP contribution in [0.25, 0.3) is 0 Å². The fraction of sp³-hybridized carbons (Fsp3) is 0.917. The summed E-state index contributed by atoms with van der Waals surface area (Å²) in [7, 11) is 1.97. The Morgan fingerprint density at radius 1 is 1.27 bits per heavy atom. The van der Waals surface area contributed by atoms with E-state index < -0.39 is 0 Å². The Labute approximate surface area is 92.2 Å². The molecule has 2 fully saturated rings. The summed E-state index contributed by atoms with van der Waals surface area (Å²) >= 11 is 0. The summed E-state index contributed by atoms with van der Waals surface area (Å²) in [6, 6.07) is 1.80. The molecule has 3 nitrogen and oxygen atoms in total. The van der Waals surface area contributed by atoms with Gasteiger partial charge in [0.25, 0.3) is 0 Å². The van der Waals surface area contributed by atoms with Crippen LogP contribution < -0.4 is 5.32 Å².